The maximum Gasteiger partial charge on any atom is 0.333 e. The molecule has 0 aliphatic heterocycles. The fourth-order valence-corrected chi connectivity index (χ4v) is 8.32. The van der Waals surface area contributed by atoms with Crippen LogP contribution in [0.1, 0.15) is 86.1 Å². The summed E-state index contributed by atoms with van der Waals surface area (Å²) in [6, 6.07) is 23.4. The molecule has 2 aromatic carbocycles. The molecule has 6 unspecified atom stereocenters. The Labute approximate surface area is 282 Å². The number of fused-ring (bicyclic) bond motifs is 2. The first-order chi connectivity index (χ1) is 23.2. The molecular weight excluding hydrogens is 627 g/mol. The van der Waals surface area contributed by atoms with Crippen molar-refractivity contribution in [3.8, 4) is 0 Å². The van der Waals surface area contributed by atoms with Gasteiger partial charge in [0, 0.05) is 42.2 Å². The second-order valence-electron chi connectivity index (χ2n) is 14.0. The van der Waals surface area contributed by atoms with Crippen molar-refractivity contribution in [2.24, 2.45) is 16.8 Å². The summed E-state index contributed by atoms with van der Waals surface area (Å²) in [5, 5.41) is 23.6. The normalized spacial score (nSPS) is 29.6. The van der Waals surface area contributed by atoms with Crippen molar-refractivity contribution in [3.63, 3.8) is 0 Å². The maximum atomic E-state index is 11.1. The van der Waals surface area contributed by atoms with E-state index in [-0.39, 0.29) is 24.6 Å². The Bertz CT molecular complexity index is 1790. The third kappa shape index (κ3) is 7.74. The largest absolute Gasteiger partial charge is 0.393 e. The number of aliphatic hydroxyl groups is 1. The number of aliphatic hydroxyl groups excluding tert-OH is 1. The molecule has 6 atom stereocenters. The van der Waals surface area contributed by atoms with Gasteiger partial charge >= 0.3 is 10.3 Å². The number of aryl methyl sites for hydroxylation is 1. The minimum absolute atomic E-state index is 0.0171. The maximum absolute atomic E-state index is 11.1. The van der Waals surface area contributed by atoms with Crippen molar-refractivity contribution in [1.29, 1.82) is 0 Å². The number of nitrogens with zero attached hydrogens (tertiary/aromatic N) is 3. The van der Waals surface area contributed by atoms with Crippen molar-refractivity contribution in [3.05, 3.63) is 89.9 Å². The molecule has 0 saturated heterocycles. The second kappa shape index (κ2) is 14.2. The summed E-state index contributed by atoms with van der Waals surface area (Å²) >= 11 is 0. The molecule has 2 aromatic heterocycles. The molecule has 256 valence electrons. The topological polar surface area (TPSA) is 170 Å². The molecular formula is C36H47N7O4S. The lowest BCUT2D eigenvalue weighted by atomic mass is 9.92. The van der Waals surface area contributed by atoms with E-state index in [1.165, 1.54) is 48.8 Å². The first-order valence-electron chi connectivity index (χ1n) is 17.3. The highest BCUT2D eigenvalue weighted by Gasteiger charge is 2.39. The predicted octanol–water partition coefficient (Wildman–Crippen LogP) is 4.46. The Balaban J connectivity index is 0.000000180. The van der Waals surface area contributed by atoms with Crippen LogP contribution in [0.15, 0.2) is 73.2 Å². The molecule has 0 radical (unpaired) electrons. The molecule has 4 aliphatic rings. The summed E-state index contributed by atoms with van der Waals surface area (Å²) in [4.78, 5) is 8.97. The molecule has 7 N–H and O–H groups in total. The molecule has 0 amide bonds. The van der Waals surface area contributed by atoms with Crippen LogP contribution in [0.2, 0.25) is 0 Å². The molecule has 0 spiro atoms. The Morgan fingerprint density at radius 1 is 0.938 bits per heavy atom. The average Bonchev–Trinajstić information content (AvgIpc) is 3.35. The fourth-order valence-electron chi connectivity index (χ4n) is 7.95. The van der Waals surface area contributed by atoms with Gasteiger partial charge in [0.25, 0.3) is 0 Å². The van der Waals surface area contributed by atoms with Crippen LogP contribution in [-0.2, 0) is 20.9 Å². The zero-order valence-electron chi connectivity index (χ0n) is 27.2. The molecule has 11 nitrogen and oxygen atoms in total. The van der Waals surface area contributed by atoms with Gasteiger partial charge in [0.2, 0.25) is 0 Å². The van der Waals surface area contributed by atoms with Gasteiger partial charge in [0.05, 0.1) is 24.1 Å². The average molecular weight is 674 g/mol. The van der Waals surface area contributed by atoms with Crippen LogP contribution in [0.25, 0.3) is 11.0 Å². The highest BCUT2D eigenvalue weighted by molar-refractivity contribution is 7.84. The number of aromatic nitrogens is 3. The molecule has 4 aliphatic carbocycles. The quantitative estimate of drug-likeness (QED) is 0.172. The van der Waals surface area contributed by atoms with E-state index in [9.17, 15) is 13.5 Å². The first-order valence-corrected chi connectivity index (χ1v) is 18.8. The Morgan fingerprint density at radius 3 is 2.50 bits per heavy atom. The number of hydrogen-bond acceptors (Lipinski definition) is 9. The van der Waals surface area contributed by atoms with E-state index >= 15 is 0 Å². The number of nitrogens with one attached hydrogen (secondary N) is 2. The van der Waals surface area contributed by atoms with Crippen molar-refractivity contribution < 1.29 is 17.7 Å². The van der Waals surface area contributed by atoms with E-state index in [0.717, 1.165) is 41.7 Å². The molecule has 4 aromatic rings. The lowest BCUT2D eigenvalue weighted by Crippen LogP contribution is -2.38. The van der Waals surface area contributed by atoms with Crippen LogP contribution >= 0.6 is 0 Å². The molecule has 3 saturated carbocycles. The number of hydrogen-bond donors (Lipinski definition) is 5. The molecule has 3 fully saturated rings. The number of anilines is 1. The lowest BCUT2D eigenvalue weighted by Gasteiger charge is -2.27. The van der Waals surface area contributed by atoms with Crippen LogP contribution in [0, 0.1) is 5.92 Å². The third-order valence-corrected chi connectivity index (χ3v) is 11.1. The minimum atomic E-state index is -4.03. The summed E-state index contributed by atoms with van der Waals surface area (Å²) in [6.07, 6.45) is 12.2. The highest BCUT2D eigenvalue weighted by atomic mass is 32.2. The van der Waals surface area contributed by atoms with Crippen LogP contribution in [0.5, 0.6) is 0 Å². The van der Waals surface area contributed by atoms with E-state index in [0.29, 0.717) is 24.9 Å². The summed E-state index contributed by atoms with van der Waals surface area (Å²) in [5.41, 5.74) is 10.9. The first kappa shape index (κ1) is 33.1. The summed E-state index contributed by atoms with van der Waals surface area (Å²) in [6.45, 7) is -0.126. The minimum Gasteiger partial charge on any atom is -0.393 e. The van der Waals surface area contributed by atoms with E-state index in [1.807, 2.05) is 16.8 Å². The van der Waals surface area contributed by atoms with Gasteiger partial charge in [-0.2, -0.15) is 8.42 Å². The molecule has 2 heterocycles. The Morgan fingerprint density at radius 2 is 1.71 bits per heavy atom. The summed E-state index contributed by atoms with van der Waals surface area (Å²) < 4.78 is 28.9. The molecule has 12 heteroatoms. The third-order valence-electron chi connectivity index (χ3n) is 10.7. The molecule has 0 bridgehead atoms. The van der Waals surface area contributed by atoms with E-state index in [1.54, 1.807) is 6.33 Å². The van der Waals surface area contributed by atoms with Crippen molar-refractivity contribution in [1.82, 2.24) is 19.9 Å². The Hall–Kier alpha value is -3.39. The van der Waals surface area contributed by atoms with Gasteiger partial charge in [-0.1, -0.05) is 54.6 Å². The van der Waals surface area contributed by atoms with Crippen LogP contribution in [0.3, 0.4) is 0 Å². The van der Waals surface area contributed by atoms with Gasteiger partial charge in [0.15, 0.2) is 0 Å². The van der Waals surface area contributed by atoms with Gasteiger partial charge in [-0.05, 0) is 80.5 Å². The molecule has 8 rings (SSSR count). The van der Waals surface area contributed by atoms with Crippen molar-refractivity contribution in [2.75, 3.05) is 11.9 Å². The highest BCUT2D eigenvalue weighted by Crippen LogP contribution is 2.42. The number of benzene rings is 2. The number of rotatable bonds is 9. The zero-order chi connectivity index (χ0) is 33.3. The van der Waals surface area contributed by atoms with Crippen molar-refractivity contribution in [2.45, 2.75) is 100 Å². The standard InChI is InChI=1S/C21H25N5O4S.C15H22N2/c22-31(28,29)30-11-14-9-15(10-19(14)27)26-8-7-17-20(23-12-24-21(17)26)25-18-6-5-13-3-1-2-4-16(13)18;16-12-6-8-13(9-7-12)17-15-10-14(15)11-4-2-1-3-5-11/h1-4,7-8,12,14-15,18-19,27H,5-6,9-11H2,(H2,22,28,29)(H,23,24,25);1-5,12-15,17H,6-10,16H2. The Kier molecular flexibility index (Phi) is 9.82. The summed E-state index contributed by atoms with van der Waals surface area (Å²) in [5.74, 6) is 1.24. The van der Waals surface area contributed by atoms with Crippen LogP contribution < -0.4 is 21.5 Å². The van der Waals surface area contributed by atoms with Gasteiger partial charge in [-0.25, -0.2) is 15.1 Å². The summed E-state index contributed by atoms with van der Waals surface area (Å²) in [7, 11) is -4.03. The van der Waals surface area contributed by atoms with Crippen molar-refractivity contribution >= 4 is 27.2 Å². The monoisotopic (exact) mass is 673 g/mol. The van der Waals surface area contributed by atoms with E-state index in [4.69, 9.17) is 15.1 Å². The second-order valence-corrected chi connectivity index (χ2v) is 15.2. The van der Waals surface area contributed by atoms with E-state index in [2.05, 4.69) is 75.2 Å². The fraction of sp³-hybridized carbons (Fsp3) is 0.500. The predicted molar refractivity (Wildman–Crippen MR) is 186 cm³/mol. The smallest absolute Gasteiger partial charge is 0.333 e. The van der Waals surface area contributed by atoms with E-state index < -0.39 is 16.4 Å². The number of nitrogens with two attached hydrogens (primary N) is 2. The lowest BCUT2D eigenvalue weighted by molar-refractivity contribution is 0.100. The van der Waals surface area contributed by atoms with Gasteiger partial charge in [-0.15, -0.1) is 0 Å². The van der Waals surface area contributed by atoms with Gasteiger partial charge in [-0.3, -0.25) is 4.18 Å². The van der Waals surface area contributed by atoms with Gasteiger partial charge in [0.1, 0.15) is 17.8 Å². The van der Waals surface area contributed by atoms with Crippen LogP contribution in [-0.4, -0.2) is 58.9 Å². The molecule has 48 heavy (non-hydrogen) atoms. The van der Waals surface area contributed by atoms with Gasteiger partial charge < -0.3 is 26.0 Å². The zero-order valence-corrected chi connectivity index (χ0v) is 28.0. The SMILES string of the molecule is NC1CCC(NC2CC2c2ccccc2)CC1.NS(=O)(=O)OCC1CC(n2ccc3c(NC4CCc5ccccc54)ncnc32)CC1O. The van der Waals surface area contributed by atoms with Crippen LogP contribution in [0.4, 0.5) is 5.82 Å².